The summed E-state index contributed by atoms with van der Waals surface area (Å²) in [7, 11) is 0. The second kappa shape index (κ2) is 3.79. The van der Waals surface area contributed by atoms with Gasteiger partial charge in [0.05, 0.1) is 0 Å². The number of benzene rings is 1. The van der Waals surface area contributed by atoms with Gasteiger partial charge in [-0.3, -0.25) is 0 Å². The molecule has 1 nitrogen and oxygen atoms in total. The zero-order chi connectivity index (χ0) is 9.90. The predicted octanol–water partition coefficient (Wildman–Crippen LogP) is 3.30. The van der Waals surface area contributed by atoms with Crippen molar-refractivity contribution >= 4 is 16.8 Å². The molecule has 0 saturated carbocycles. The van der Waals surface area contributed by atoms with Gasteiger partial charge < -0.3 is 0 Å². The molecule has 0 saturated heterocycles. The third kappa shape index (κ3) is 2.01. The third-order valence-electron chi connectivity index (χ3n) is 1.47. The Balaban J connectivity index is 3.08. The number of rotatable bonds is 2. The van der Waals surface area contributed by atoms with Crippen LogP contribution in [0.1, 0.15) is 5.56 Å². The van der Waals surface area contributed by atoms with E-state index in [1.54, 1.807) is 11.3 Å². The first-order valence-electron chi connectivity index (χ1n) is 3.37. The summed E-state index contributed by atoms with van der Waals surface area (Å²) in [6.07, 6.45) is 0. The van der Waals surface area contributed by atoms with Gasteiger partial charge in [-0.2, -0.15) is 8.78 Å². The van der Waals surface area contributed by atoms with Gasteiger partial charge in [0.2, 0.25) is 5.17 Å². The molecular weight excluding hydrogens is 203 g/mol. The molecule has 0 aromatic heterocycles. The second-order valence-corrected chi connectivity index (χ2v) is 2.67. The summed E-state index contributed by atoms with van der Waals surface area (Å²) in [5.41, 5.74) is -0.388. The lowest BCUT2D eigenvalue weighted by Crippen LogP contribution is -2.20. The van der Waals surface area contributed by atoms with Gasteiger partial charge in [0.15, 0.2) is 0 Å². The standard InChI is InChI=1S/C8H5ClF3N/c9-7(13-12)8(10,11)6-4-2-1-3-5-6/h1-5H. The van der Waals surface area contributed by atoms with Crippen molar-refractivity contribution in [2.45, 2.75) is 5.92 Å². The molecule has 0 radical (unpaired) electrons. The highest BCUT2D eigenvalue weighted by molar-refractivity contribution is 6.66. The molecule has 0 fully saturated rings. The van der Waals surface area contributed by atoms with Gasteiger partial charge in [0.1, 0.15) is 0 Å². The fraction of sp³-hybridized carbons (Fsp3) is 0.125. The molecule has 1 aromatic carbocycles. The lowest BCUT2D eigenvalue weighted by atomic mass is 10.1. The van der Waals surface area contributed by atoms with Crippen molar-refractivity contribution in [1.29, 1.82) is 0 Å². The first-order valence-corrected chi connectivity index (χ1v) is 3.75. The summed E-state index contributed by atoms with van der Waals surface area (Å²) in [6, 6.07) is 6.68. The molecule has 0 aliphatic heterocycles. The van der Waals surface area contributed by atoms with Gasteiger partial charge >= 0.3 is 5.92 Å². The van der Waals surface area contributed by atoms with Crippen molar-refractivity contribution in [3.8, 4) is 0 Å². The molecule has 1 rings (SSSR count). The van der Waals surface area contributed by atoms with Crippen molar-refractivity contribution in [2.24, 2.45) is 5.21 Å². The molecule has 5 heteroatoms. The van der Waals surface area contributed by atoms with Gasteiger partial charge in [-0.15, -0.1) is 0 Å². The van der Waals surface area contributed by atoms with Crippen LogP contribution in [0.5, 0.6) is 0 Å². The van der Waals surface area contributed by atoms with Gasteiger partial charge in [0, 0.05) is 5.56 Å². The van der Waals surface area contributed by atoms with E-state index in [-0.39, 0.29) is 5.56 Å². The van der Waals surface area contributed by atoms with Crippen molar-refractivity contribution in [1.82, 2.24) is 0 Å². The molecule has 0 aliphatic carbocycles. The number of nitrogens with zero attached hydrogens (tertiary/aromatic N) is 1. The Kier molecular flexibility index (Phi) is 2.93. The van der Waals surface area contributed by atoms with E-state index in [0.29, 0.717) is 0 Å². The largest absolute Gasteiger partial charge is 0.327 e. The highest BCUT2D eigenvalue weighted by atomic mass is 35.5. The van der Waals surface area contributed by atoms with Crippen LogP contribution in [0.25, 0.3) is 0 Å². The maximum Gasteiger partial charge on any atom is 0.327 e. The number of alkyl halides is 2. The van der Waals surface area contributed by atoms with Crippen molar-refractivity contribution in [2.75, 3.05) is 0 Å². The minimum atomic E-state index is -3.56. The highest BCUT2D eigenvalue weighted by Crippen LogP contribution is 2.31. The van der Waals surface area contributed by atoms with Crippen molar-refractivity contribution in [3.63, 3.8) is 0 Å². The van der Waals surface area contributed by atoms with Crippen LogP contribution in [-0.4, -0.2) is 5.17 Å². The van der Waals surface area contributed by atoms with Crippen LogP contribution in [0.4, 0.5) is 13.3 Å². The smallest absolute Gasteiger partial charge is 0.193 e. The Labute approximate surface area is 77.8 Å². The van der Waals surface area contributed by atoms with E-state index in [1.165, 1.54) is 12.1 Å². The van der Waals surface area contributed by atoms with Gasteiger partial charge in [0.25, 0.3) is 0 Å². The SMILES string of the molecule is FN=C(Cl)C(F)(F)c1ccccc1. The number of halogens is 4. The molecule has 0 atom stereocenters. The zero-order valence-corrected chi connectivity index (χ0v) is 7.10. The Morgan fingerprint density at radius 1 is 1.23 bits per heavy atom. The summed E-state index contributed by atoms with van der Waals surface area (Å²) in [5, 5.41) is 0.406. The average molecular weight is 208 g/mol. The highest BCUT2D eigenvalue weighted by Gasteiger charge is 2.37. The predicted molar refractivity (Wildman–Crippen MR) is 44.7 cm³/mol. The molecule has 0 amide bonds. The second-order valence-electron chi connectivity index (χ2n) is 2.32. The number of hydrogen-bond donors (Lipinski definition) is 0. The third-order valence-corrected chi connectivity index (χ3v) is 1.77. The van der Waals surface area contributed by atoms with E-state index >= 15 is 0 Å². The molecule has 0 heterocycles. The molecule has 0 bridgehead atoms. The van der Waals surface area contributed by atoms with Crippen LogP contribution in [0, 0.1) is 0 Å². The van der Waals surface area contributed by atoms with Crippen LogP contribution >= 0.6 is 11.6 Å². The van der Waals surface area contributed by atoms with Crippen LogP contribution in [0.3, 0.4) is 0 Å². The maximum atomic E-state index is 13.0. The van der Waals surface area contributed by atoms with E-state index in [1.807, 2.05) is 0 Å². The quantitative estimate of drug-likeness (QED) is 0.660. The zero-order valence-electron chi connectivity index (χ0n) is 6.35. The first kappa shape index (κ1) is 10.1. The molecule has 13 heavy (non-hydrogen) atoms. The summed E-state index contributed by atoms with van der Waals surface area (Å²) in [5.74, 6) is -3.56. The monoisotopic (exact) mass is 207 g/mol. The van der Waals surface area contributed by atoms with Crippen LogP contribution in [-0.2, 0) is 5.92 Å². The number of hydrogen-bond acceptors (Lipinski definition) is 1. The average Bonchev–Trinajstić information content (AvgIpc) is 2.18. The minimum Gasteiger partial charge on any atom is -0.193 e. The van der Waals surface area contributed by atoms with Crippen LogP contribution in [0.15, 0.2) is 35.5 Å². The minimum absolute atomic E-state index is 0.388. The van der Waals surface area contributed by atoms with E-state index in [0.717, 1.165) is 12.1 Å². The molecular formula is C8H5ClF3N. The summed E-state index contributed by atoms with van der Waals surface area (Å²) in [4.78, 5) is 0. The van der Waals surface area contributed by atoms with Crippen LogP contribution in [0.2, 0.25) is 0 Å². The summed E-state index contributed by atoms with van der Waals surface area (Å²) >= 11 is 4.92. The first-order chi connectivity index (χ1) is 6.09. The Bertz CT molecular complexity index is 310. The molecule has 0 N–H and O–H groups in total. The van der Waals surface area contributed by atoms with Gasteiger partial charge in [-0.1, -0.05) is 51.6 Å². The van der Waals surface area contributed by atoms with Crippen molar-refractivity contribution < 1.29 is 13.3 Å². The molecule has 70 valence electrons. The molecule has 0 aliphatic rings. The van der Waals surface area contributed by atoms with Gasteiger partial charge in [-0.05, 0) is 0 Å². The fourth-order valence-corrected chi connectivity index (χ4v) is 0.929. The van der Waals surface area contributed by atoms with Gasteiger partial charge in [-0.25, -0.2) is 0 Å². The van der Waals surface area contributed by atoms with E-state index in [4.69, 9.17) is 11.6 Å². The molecule has 1 aromatic rings. The fourth-order valence-electron chi connectivity index (χ4n) is 0.820. The Morgan fingerprint density at radius 3 is 2.23 bits per heavy atom. The topological polar surface area (TPSA) is 12.4 Å². The van der Waals surface area contributed by atoms with Crippen LogP contribution < -0.4 is 0 Å². The normalized spacial score (nSPS) is 13.1. The van der Waals surface area contributed by atoms with Crippen molar-refractivity contribution in [3.05, 3.63) is 35.9 Å². The maximum absolute atomic E-state index is 13.0. The Hall–Kier alpha value is -1.03. The molecule has 0 spiro atoms. The molecule has 0 unspecified atom stereocenters. The lowest BCUT2D eigenvalue weighted by Gasteiger charge is -2.12. The lowest BCUT2D eigenvalue weighted by molar-refractivity contribution is 0.0775. The van der Waals surface area contributed by atoms with E-state index in [9.17, 15) is 13.3 Å². The van der Waals surface area contributed by atoms with E-state index < -0.39 is 11.1 Å². The van der Waals surface area contributed by atoms with E-state index in [2.05, 4.69) is 0 Å². The summed E-state index contributed by atoms with van der Waals surface area (Å²) < 4.78 is 37.6. The summed E-state index contributed by atoms with van der Waals surface area (Å²) in [6.45, 7) is 0. The Morgan fingerprint density at radius 2 is 1.77 bits per heavy atom.